The molecule has 1 N–H and O–H groups in total. The van der Waals surface area contributed by atoms with E-state index in [4.69, 9.17) is 0 Å². The van der Waals surface area contributed by atoms with Crippen LogP contribution in [0.3, 0.4) is 0 Å². The Morgan fingerprint density at radius 3 is 2.16 bits per heavy atom. The lowest BCUT2D eigenvalue weighted by Gasteiger charge is -2.17. The van der Waals surface area contributed by atoms with E-state index in [9.17, 15) is 13.2 Å². The van der Waals surface area contributed by atoms with Crippen LogP contribution in [0.1, 0.15) is 38.8 Å². The fourth-order valence-corrected chi connectivity index (χ4v) is 2.26. The molecule has 0 aliphatic carbocycles. The third-order valence-electron chi connectivity index (χ3n) is 3.23. The van der Waals surface area contributed by atoms with Gasteiger partial charge in [-0.05, 0) is 31.0 Å². The van der Waals surface area contributed by atoms with Crippen LogP contribution in [0.25, 0.3) is 0 Å². The monoisotopic (exact) mass is 283 g/mol. The van der Waals surface area contributed by atoms with Crippen LogP contribution in [-0.2, 0) is 14.6 Å². The van der Waals surface area contributed by atoms with Gasteiger partial charge in [0.25, 0.3) is 0 Å². The number of carbonyl (C=O) groups is 1. The van der Waals surface area contributed by atoms with Crippen LogP contribution in [0.2, 0.25) is 0 Å². The summed E-state index contributed by atoms with van der Waals surface area (Å²) in [6.07, 6.45) is 1.97. The van der Waals surface area contributed by atoms with Gasteiger partial charge in [-0.25, -0.2) is 8.42 Å². The van der Waals surface area contributed by atoms with Gasteiger partial charge < -0.3 is 5.32 Å². The molecule has 1 rings (SSSR count). The minimum absolute atomic E-state index is 0.0159. The Labute approximate surface area is 115 Å². The smallest absolute Gasteiger partial charge is 0.223 e. The second kappa shape index (κ2) is 6.19. The van der Waals surface area contributed by atoms with E-state index in [-0.39, 0.29) is 22.8 Å². The first-order valence-electron chi connectivity index (χ1n) is 6.36. The maximum atomic E-state index is 11.8. The second-order valence-electron chi connectivity index (χ2n) is 4.88. The van der Waals surface area contributed by atoms with E-state index in [2.05, 4.69) is 5.32 Å². The summed E-state index contributed by atoms with van der Waals surface area (Å²) in [5.41, 5.74) is 0.893. The molecule has 1 amide bonds. The molecule has 0 radical (unpaired) electrons. The molecule has 0 unspecified atom stereocenters. The van der Waals surface area contributed by atoms with Crippen molar-refractivity contribution in [2.45, 2.75) is 38.1 Å². The van der Waals surface area contributed by atoms with Crippen LogP contribution in [0, 0.1) is 5.92 Å². The van der Waals surface area contributed by atoms with Gasteiger partial charge in [0.1, 0.15) is 0 Å². The molecule has 1 aromatic rings. The number of nitrogens with one attached hydrogen (secondary N) is 1. The van der Waals surface area contributed by atoms with Crippen LogP contribution in [0.4, 0.5) is 0 Å². The van der Waals surface area contributed by atoms with E-state index < -0.39 is 9.84 Å². The van der Waals surface area contributed by atoms with E-state index >= 15 is 0 Å². The van der Waals surface area contributed by atoms with Crippen LogP contribution in [-0.4, -0.2) is 20.6 Å². The minimum Gasteiger partial charge on any atom is -0.349 e. The number of hydrogen-bond acceptors (Lipinski definition) is 3. The third kappa shape index (κ3) is 4.35. The zero-order valence-corrected chi connectivity index (χ0v) is 12.6. The number of benzene rings is 1. The predicted molar refractivity (Wildman–Crippen MR) is 75.6 cm³/mol. The maximum absolute atomic E-state index is 11.8. The molecule has 0 spiro atoms. The van der Waals surface area contributed by atoms with Gasteiger partial charge in [-0.1, -0.05) is 26.0 Å². The van der Waals surface area contributed by atoms with Crippen molar-refractivity contribution in [1.82, 2.24) is 5.32 Å². The van der Waals surface area contributed by atoms with Crippen LogP contribution >= 0.6 is 0 Å². The molecule has 0 fully saturated rings. The molecule has 5 heteroatoms. The van der Waals surface area contributed by atoms with Crippen LogP contribution in [0.5, 0.6) is 0 Å². The lowest BCUT2D eigenvalue weighted by molar-refractivity contribution is -0.125. The molecule has 0 aliphatic rings. The second-order valence-corrected chi connectivity index (χ2v) is 6.90. The van der Waals surface area contributed by atoms with Crippen molar-refractivity contribution in [3.05, 3.63) is 29.8 Å². The van der Waals surface area contributed by atoms with E-state index in [1.807, 2.05) is 20.8 Å². The first-order chi connectivity index (χ1) is 8.75. The first kappa shape index (κ1) is 15.7. The van der Waals surface area contributed by atoms with E-state index in [0.29, 0.717) is 0 Å². The van der Waals surface area contributed by atoms with Crippen molar-refractivity contribution < 1.29 is 13.2 Å². The van der Waals surface area contributed by atoms with Gasteiger partial charge in [-0.3, -0.25) is 4.79 Å². The summed E-state index contributed by atoms with van der Waals surface area (Å²) in [4.78, 5) is 12.1. The van der Waals surface area contributed by atoms with Gasteiger partial charge in [0, 0.05) is 12.2 Å². The van der Waals surface area contributed by atoms with Crippen molar-refractivity contribution in [3.8, 4) is 0 Å². The molecular weight excluding hydrogens is 262 g/mol. The SMILES string of the molecule is CC[C@@H](C)C(=O)N[C@@H](C)c1ccc(S(C)(=O)=O)cc1. The Morgan fingerprint density at radius 1 is 1.21 bits per heavy atom. The fourth-order valence-electron chi connectivity index (χ4n) is 1.63. The average Bonchev–Trinajstić information content (AvgIpc) is 2.36. The minimum atomic E-state index is -3.17. The molecule has 2 atom stereocenters. The standard InChI is InChI=1S/C14H21NO3S/c1-5-10(2)14(16)15-11(3)12-6-8-13(9-7-12)19(4,17)18/h6-11H,5H2,1-4H3,(H,15,16)/t10-,11+/m1/s1. The number of hydrogen-bond donors (Lipinski definition) is 1. The van der Waals surface area contributed by atoms with Gasteiger partial charge in [-0.2, -0.15) is 0 Å². The summed E-state index contributed by atoms with van der Waals surface area (Å²) in [5.74, 6) is -0.0000626. The lowest BCUT2D eigenvalue weighted by atomic mass is 10.1. The average molecular weight is 283 g/mol. The molecule has 0 saturated heterocycles. The van der Waals surface area contributed by atoms with Crippen molar-refractivity contribution in [2.24, 2.45) is 5.92 Å². The number of carbonyl (C=O) groups excluding carboxylic acids is 1. The molecule has 0 saturated carbocycles. The molecule has 4 nitrogen and oxygen atoms in total. The summed E-state index contributed by atoms with van der Waals surface area (Å²) >= 11 is 0. The molecular formula is C14H21NO3S. The maximum Gasteiger partial charge on any atom is 0.223 e. The third-order valence-corrected chi connectivity index (χ3v) is 4.36. The largest absolute Gasteiger partial charge is 0.349 e. The Morgan fingerprint density at radius 2 is 1.74 bits per heavy atom. The Kier molecular flexibility index (Phi) is 5.11. The number of rotatable bonds is 5. The van der Waals surface area contributed by atoms with E-state index in [1.165, 1.54) is 6.26 Å². The molecule has 0 aliphatic heterocycles. The van der Waals surface area contributed by atoms with Gasteiger partial charge in [0.2, 0.25) is 5.91 Å². The topological polar surface area (TPSA) is 63.2 Å². The van der Waals surface area contributed by atoms with E-state index in [0.717, 1.165) is 12.0 Å². The highest BCUT2D eigenvalue weighted by atomic mass is 32.2. The highest BCUT2D eigenvalue weighted by Gasteiger charge is 2.15. The Bertz CT molecular complexity index is 534. The molecule has 0 aromatic heterocycles. The normalized spacial score (nSPS) is 14.7. The lowest BCUT2D eigenvalue weighted by Crippen LogP contribution is -2.31. The van der Waals surface area contributed by atoms with Gasteiger partial charge in [-0.15, -0.1) is 0 Å². The van der Waals surface area contributed by atoms with Crippen molar-refractivity contribution in [3.63, 3.8) is 0 Å². The summed E-state index contributed by atoms with van der Waals surface area (Å²) < 4.78 is 22.7. The van der Waals surface area contributed by atoms with Crippen molar-refractivity contribution in [2.75, 3.05) is 6.26 Å². The van der Waals surface area contributed by atoms with Gasteiger partial charge >= 0.3 is 0 Å². The molecule has 106 valence electrons. The Balaban J connectivity index is 2.79. The molecule has 0 heterocycles. The van der Waals surface area contributed by atoms with Gasteiger partial charge in [0.15, 0.2) is 9.84 Å². The zero-order valence-electron chi connectivity index (χ0n) is 11.8. The van der Waals surface area contributed by atoms with Crippen molar-refractivity contribution in [1.29, 1.82) is 0 Å². The fraction of sp³-hybridized carbons (Fsp3) is 0.500. The number of sulfone groups is 1. The summed E-state index contributed by atoms with van der Waals surface area (Å²) in [6, 6.07) is 6.47. The predicted octanol–water partition coefficient (Wildman–Crippen LogP) is 2.31. The first-order valence-corrected chi connectivity index (χ1v) is 8.25. The van der Waals surface area contributed by atoms with Gasteiger partial charge in [0.05, 0.1) is 10.9 Å². The highest BCUT2D eigenvalue weighted by molar-refractivity contribution is 7.90. The van der Waals surface area contributed by atoms with Crippen LogP contribution in [0.15, 0.2) is 29.2 Å². The summed E-state index contributed by atoms with van der Waals surface area (Å²) in [5, 5.41) is 2.92. The summed E-state index contributed by atoms with van der Waals surface area (Å²) in [7, 11) is -3.17. The molecule has 0 bridgehead atoms. The Hall–Kier alpha value is -1.36. The summed E-state index contributed by atoms with van der Waals surface area (Å²) in [6.45, 7) is 5.74. The number of amides is 1. The highest BCUT2D eigenvalue weighted by Crippen LogP contribution is 2.17. The molecule has 19 heavy (non-hydrogen) atoms. The van der Waals surface area contributed by atoms with Crippen molar-refractivity contribution >= 4 is 15.7 Å². The quantitative estimate of drug-likeness (QED) is 0.902. The van der Waals surface area contributed by atoms with E-state index in [1.54, 1.807) is 24.3 Å². The molecule has 1 aromatic carbocycles. The van der Waals surface area contributed by atoms with Crippen LogP contribution < -0.4 is 5.32 Å². The zero-order chi connectivity index (χ0) is 14.6.